The Labute approximate surface area is 109 Å². The van der Waals surface area contributed by atoms with Gasteiger partial charge in [-0.15, -0.1) is 0 Å². The molecule has 1 aromatic rings. The summed E-state index contributed by atoms with van der Waals surface area (Å²) in [5, 5.41) is 6.91. The third-order valence-electron chi connectivity index (χ3n) is 2.91. The summed E-state index contributed by atoms with van der Waals surface area (Å²) in [6, 6.07) is -0.660. The molecule has 0 radical (unpaired) electrons. The first-order chi connectivity index (χ1) is 8.49. The van der Waals surface area contributed by atoms with Gasteiger partial charge in [-0.3, -0.25) is 9.59 Å². The zero-order valence-electron chi connectivity index (χ0n) is 10.0. The number of primary amides is 1. The molecular weight excluding hydrogens is 256 g/mol. The maximum Gasteiger partial charge on any atom is 0.291 e. The molecule has 0 saturated heterocycles. The minimum atomic E-state index is -0.660. The van der Waals surface area contributed by atoms with Crippen LogP contribution in [0.3, 0.4) is 0 Å². The molecule has 0 bridgehead atoms. The van der Waals surface area contributed by atoms with Crippen molar-refractivity contribution in [3.05, 3.63) is 21.6 Å². The maximum absolute atomic E-state index is 12.1. The minimum absolute atomic E-state index is 0.179. The van der Waals surface area contributed by atoms with Crippen LogP contribution < -0.4 is 16.6 Å². The molecule has 0 spiro atoms. The van der Waals surface area contributed by atoms with Gasteiger partial charge in [0.15, 0.2) is 0 Å². The van der Waals surface area contributed by atoms with Crippen LogP contribution in [-0.4, -0.2) is 21.7 Å². The van der Waals surface area contributed by atoms with Crippen molar-refractivity contribution in [3.63, 3.8) is 0 Å². The Hall–Kier alpha value is -1.56. The van der Waals surface area contributed by atoms with Crippen LogP contribution in [0.25, 0.3) is 0 Å². The topological polar surface area (TPSA) is 90.0 Å². The molecule has 2 rings (SSSR count). The van der Waals surface area contributed by atoms with E-state index in [1.54, 1.807) is 6.92 Å². The number of nitrogens with one attached hydrogen (secondary N) is 1. The smallest absolute Gasteiger partial charge is 0.291 e. The van der Waals surface area contributed by atoms with Crippen molar-refractivity contribution in [2.75, 3.05) is 5.32 Å². The van der Waals surface area contributed by atoms with Crippen LogP contribution in [0.15, 0.2) is 11.0 Å². The van der Waals surface area contributed by atoms with Crippen LogP contribution >= 0.6 is 11.6 Å². The third-order valence-corrected chi connectivity index (χ3v) is 3.20. The zero-order valence-corrected chi connectivity index (χ0v) is 10.8. The van der Waals surface area contributed by atoms with E-state index in [9.17, 15) is 9.59 Å². The second kappa shape index (κ2) is 4.97. The van der Waals surface area contributed by atoms with E-state index in [1.807, 2.05) is 0 Å². The lowest BCUT2D eigenvalue weighted by Gasteiger charge is -2.13. The number of rotatable bonds is 5. The van der Waals surface area contributed by atoms with Gasteiger partial charge in [0.05, 0.1) is 11.2 Å². The molecule has 3 N–H and O–H groups in total. The van der Waals surface area contributed by atoms with Crippen LogP contribution in [0.2, 0.25) is 5.02 Å². The number of nitrogens with zero attached hydrogens (tertiary/aromatic N) is 2. The molecule has 18 heavy (non-hydrogen) atoms. The Bertz CT molecular complexity index is 524. The molecule has 7 heteroatoms. The van der Waals surface area contributed by atoms with Crippen LogP contribution in [0.5, 0.6) is 0 Å². The molecule has 1 aliphatic rings. The summed E-state index contributed by atoms with van der Waals surface area (Å²) in [6.07, 6.45) is 3.65. The Balaban J connectivity index is 2.26. The van der Waals surface area contributed by atoms with E-state index in [0.717, 1.165) is 12.8 Å². The summed E-state index contributed by atoms with van der Waals surface area (Å²) >= 11 is 5.91. The van der Waals surface area contributed by atoms with Gasteiger partial charge in [-0.25, -0.2) is 4.68 Å². The number of nitrogens with two attached hydrogens (primary N) is 1. The lowest BCUT2D eigenvalue weighted by Crippen LogP contribution is -2.36. The van der Waals surface area contributed by atoms with Crippen molar-refractivity contribution < 1.29 is 4.79 Å². The second-order valence-electron chi connectivity index (χ2n) is 4.57. The van der Waals surface area contributed by atoms with Crippen LogP contribution in [0, 0.1) is 5.92 Å². The van der Waals surface area contributed by atoms with Crippen molar-refractivity contribution in [2.24, 2.45) is 11.7 Å². The molecule has 1 saturated carbocycles. The van der Waals surface area contributed by atoms with Crippen molar-refractivity contribution in [2.45, 2.75) is 32.4 Å². The van der Waals surface area contributed by atoms with E-state index in [1.165, 1.54) is 10.9 Å². The first-order valence-corrected chi connectivity index (χ1v) is 6.18. The summed E-state index contributed by atoms with van der Waals surface area (Å²) in [5.41, 5.74) is 5.01. The highest BCUT2D eigenvalue weighted by Crippen LogP contribution is 2.30. The average molecular weight is 271 g/mol. The molecule has 0 aromatic carbocycles. The van der Waals surface area contributed by atoms with Crippen molar-refractivity contribution >= 4 is 23.2 Å². The fraction of sp³-hybridized carbons (Fsp3) is 0.545. The highest BCUT2D eigenvalue weighted by molar-refractivity contribution is 6.33. The number of aromatic nitrogens is 2. The molecule has 1 amide bonds. The summed E-state index contributed by atoms with van der Waals surface area (Å²) in [4.78, 5) is 23.1. The number of hydrogen-bond acceptors (Lipinski definition) is 4. The highest BCUT2D eigenvalue weighted by Gasteiger charge is 2.24. The van der Waals surface area contributed by atoms with E-state index in [2.05, 4.69) is 10.4 Å². The van der Waals surface area contributed by atoms with Crippen LogP contribution in [-0.2, 0) is 11.3 Å². The van der Waals surface area contributed by atoms with Crippen molar-refractivity contribution in [1.29, 1.82) is 0 Å². The van der Waals surface area contributed by atoms with Gasteiger partial charge in [-0.05, 0) is 25.7 Å². The maximum atomic E-state index is 12.1. The van der Waals surface area contributed by atoms with E-state index < -0.39 is 11.9 Å². The molecule has 1 unspecified atom stereocenters. The fourth-order valence-corrected chi connectivity index (χ4v) is 1.74. The molecular formula is C11H15ClN4O2. The van der Waals surface area contributed by atoms with E-state index >= 15 is 0 Å². The van der Waals surface area contributed by atoms with Gasteiger partial charge < -0.3 is 11.1 Å². The summed E-state index contributed by atoms with van der Waals surface area (Å²) < 4.78 is 1.37. The van der Waals surface area contributed by atoms with Crippen LogP contribution in [0.1, 0.15) is 19.8 Å². The van der Waals surface area contributed by atoms with E-state index in [-0.39, 0.29) is 16.3 Å². The Kier molecular flexibility index (Phi) is 3.56. The average Bonchev–Trinajstić information content (AvgIpc) is 3.11. The molecule has 1 atom stereocenters. The predicted octanol–water partition coefficient (Wildman–Crippen LogP) is 0.592. The first kappa shape index (κ1) is 12.9. The quantitative estimate of drug-likeness (QED) is 0.819. The normalized spacial score (nSPS) is 16.3. The van der Waals surface area contributed by atoms with Gasteiger partial charge in [0.2, 0.25) is 5.91 Å². The Morgan fingerprint density at radius 2 is 2.39 bits per heavy atom. The van der Waals surface area contributed by atoms with Crippen molar-refractivity contribution in [1.82, 2.24) is 9.78 Å². The molecule has 1 fully saturated rings. The third kappa shape index (κ3) is 2.81. The summed E-state index contributed by atoms with van der Waals surface area (Å²) in [6.45, 7) is 2.17. The van der Waals surface area contributed by atoms with E-state index in [0.29, 0.717) is 12.5 Å². The van der Waals surface area contributed by atoms with Gasteiger partial charge in [0.25, 0.3) is 5.56 Å². The number of carbonyl (C=O) groups is 1. The first-order valence-electron chi connectivity index (χ1n) is 5.80. The van der Waals surface area contributed by atoms with E-state index in [4.69, 9.17) is 17.3 Å². The summed E-state index contributed by atoms with van der Waals surface area (Å²) in [5.74, 6) is -0.0196. The standard InChI is InChI=1S/C11H15ClN4O2/c1-6(10(13)17)15-9-8(12)4-14-16(11(9)18)5-7-2-3-7/h4,6-7,15H,2-3,5H2,1H3,(H2,13,17). The van der Waals surface area contributed by atoms with Gasteiger partial charge in [-0.2, -0.15) is 5.10 Å². The number of hydrogen-bond donors (Lipinski definition) is 2. The molecule has 1 aromatic heterocycles. The van der Waals surface area contributed by atoms with Gasteiger partial charge >= 0.3 is 0 Å². The number of carbonyl (C=O) groups excluding carboxylic acids is 1. The monoisotopic (exact) mass is 270 g/mol. The van der Waals surface area contributed by atoms with Gasteiger partial charge in [-0.1, -0.05) is 11.6 Å². The van der Waals surface area contributed by atoms with Gasteiger partial charge in [0, 0.05) is 6.54 Å². The molecule has 1 aliphatic carbocycles. The fourth-order valence-electron chi connectivity index (χ4n) is 1.56. The lowest BCUT2D eigenvalue weighted by atomic mass is 10.3. The SMILES string of the molecule is CC(Nc1c(Cl)cnn(CC2CC2)c1=O)C(N)=O. The number of anilines is 1. The predicted molar refractivity (Wildman–Crippen MR) is 68.5 cm³/mol. The van der Waals surface area contributed by atoms with Crippen LogP contribution in [0.4, 0.5) is 5.69 Å². The number of amides is 1. The Morgan fingerprint density at radius 1 is 1.72 bits per heavy atom. The lowest BCUT2D eigenvalue weighted by molar-refractivity contribution is -0.118. The highest BCUT2D eigenvalue weighted by atomic mass is 35.5. The minimum Gasteiger partial charge on any atom is -0.368 e. The second-order valence-corrected chi connectivity index (χ2v) is 4.97. The largest absolute Gasteiger partial charge is 0.368 e. The molecule has 1 heterocycles. The number of halogens is 1. The van der Waals surface area contributed by atoms with Crippen molar-refractivity contribution in [3.8, 4) is 0 Å². The Morgan fingerprint density at radius 3 is 2.94 bits per heavy atom. The molecule has 6 nitrogen and oxygen atoms in total. The van der Waals surface area contributed by atoms with Gasteiger partial charge in [0.1, 0.15) is 11.7 Å². The zero-order chi connectivity index (χ0) is 13.3. The summed E-state index contributed by atoms with van der Waals surface area (Å²) in [7, 11) is 0. The molecule has 0 aliphatic heterocycles. The molecule has 98 valence electrons.